The Morgan fingerprint density at radius 3 is 2.95 bits per heavy atom. The summed E-state index contributed by atoms with van der Waals surface area (Å²) < 4.78 is 2.07. The van der Waals surface area contributed by atoms with Crippen LogP contribution in [0.1, 0.15) is 26.1 Å². The summed E-state index contributed by atoms with van der Waals surface area (Å²) in [6, 6.07) is 0. The molecule has 3 rings (SSSR count). The second-order valence-electron chi connectivity index (χ2n) is 6.45. The molecule has 3 heterocycles. The fourth-order valence-electron chi connectivity index (χ4n) is 3.36. The second-order valence-corrected chi connectivity index (χ2v) is 6.45. The minimum atomic E-state index is 0. The maximum absolute atomic E-state index is 4.44. The molecule has 2 aliphatic rings. The number of fused-ring (bicyclic) bond motifs is 1. The Labute approximate surface area is 127 Å². The third-order valence-electron chi connectivity index (χ3n) is 4.39. The summed E-state index contributed by atoms with van der Waals surface area (Å²) in [4.78, 5) is 6.99. The Balaban J connectivity index is 0.00000147. The zero-order chi connectivity index (χ0) is 13.2. The van der Waals surface area contributed by atoms with Crippen LogP contribution < -0.4 is 5.32 Å². The molecule has 0 aliphatic carbocycles. The minimum Gasteiger partial charge on any atom is -0.316 e. The molecule has 0 bridgehead atoms. The number of nitrogens with one attached hydrogen (secondary N) is 1. The number of halogens is 1. The Morgan fingerprint density at radius 1 is 1.35 bits per heavy atom. The van der Waals surface area contributed by atoms with E-state index in [-0.39, 0.29) is 12.4 Å². The van der Waals surface area contributed by atoms with Crippen molar-refractivity contribution in [2.24, 2.45) is 17.8 Å². The van der Waals surface area contributed by atoms with Crippen LogP contribution in [0.3, 0.4) is 0 Å². The Hall–Kier alpha value is -0.650. The lowest BCUT2D eigenvalue weighted by Crippen LogP contribution is -2.40. The van der Waals surface area contributed by atoms with Gasteiger partial charge in [-0.05, 0) is 43.8 Å². The van der Waals surface area contributed by atoms with Crippen LogP contribution in [0.4, 0.5) is 0 Å². The summed E-state index contributed by atoms with van der Waals surface area (Å²) in [5, 5.41) is 7.88. The maximum atomic E-state index is 4.44. The van der Waals surface area contributed by atoms with Crippen molar-refractivity contribution < 1.29 is 0 Å². The van der Waals surface area contributed by atoms with E-state index in [1.54, 1.807) is 6.33 Å². The van der Waals surface area contributed by atoms with Crippen LogP contribution in [0, 0.1) is 17.8 Å². The summed E-state index contributed by atoms with van der Waals surface area (Å²) in [6.45, 7) is 11.2. The molecule has 2 unspecified atom stereocenters. The van der Waals surface area contributed by atoms with Crippen molar-refractivity contribution in [1.82, 2.24) is 25.0 Å². The maximum Gasteiger partial charge on any atom is 0.141 e. The molecule has 114 valence electrons. The van der Waals surface area contributed by atoms with E-state index in [2.05, 4.69) is 38.8 Å². The first-order valence-corrected chi connectivity index (χ1v) is 7.52. The molecule has 2 aliphatic heterocycles. The van der Waals surface area contributed by atoms with Crippen molar-refractivity contribution in [3.63, 3.8) is 0 Å². The van der Waals surface area contributed by atoms with Gasteiger partial charge in [-0.15, -0.1) is 12.4 Å². The third kappa shape index (κ3) is 3.51. The number of likely N-dealkylation sites (tertiary alicyclic amines) is 1. The highest BCUT2D eigenvalue weighted by Gasteiger charge is 2.32. The Bertz CT molecular complexity index is 419. The summed E-state index contributed by atoms with van der Waals surface area (Å²) in [5.74, 6) is 3.49. The van der Waals surface area contributed by atoms with E-state index in [1.165, 1.54) is 32.6 Å². The molecule has 0 aromatic carbocycles. The first-order chi connectivity index (χ1) is 9.22. The molecular formula is C14H26ClN5. The first-order valence-electron chi connectivity index (χ1n) is 7.52. The molecule has 0 spiro atoms. The van der Waals surface area contributed by atoms with E-state index in [4.69, 9.17) is 0 Å². The van der Waals surface area contributed by atoms with Crippen molar-refractivity contribution in [2.75, 3.05) is 26.2 Å². The molecular weight excluding hydrogens is 274 g/mol. The SMILES string of the molecule is CC(C)Cn1ncnc1CN1CCC2CNCC2C1.Cl. The number of aromatic nitrogens is 3. The zero-order valence-corrected chi connectivity index (χ0v) is 13.3. The van der Waals surface area contributed by atoms with Gasteiger partial charge in [0.2, 0.25) is 0 Å². The highest BCUT2D eigenvalue weighted by Crippen LogP contribution is 2.27. The van der Waals surface area contributed by atoms with Gasteiger partial charge in [0.15, 0.2) is 0 Å². The molecule has 2 fully saturated rings. The molecule has 5 nitrogen and oxygen atoms in total. The van der Waals surface area contributed by atoms with Gasteiger partial charge in [0.25, 0.3) is 0 Å². The molecule has 0 radical (unpaired) electrons. The predicted molar refractivity (Wildman–Crippen MR) is 81.9 cm³/mol. The smallest absolute Gasteiger partial charge is 0.141 e. The average molecular weight is 300 g/mol. The van der Waals surface area contributed by atoms with Crippen LogP contribution in [0.5, 0.6) is 0 Å². The third-order valence-corrected chi connectivity index (χ3v) is 4.39. The van der Waals surface area contributed by atoms with Crippen LogP contribution >= 0.6 is 12.4 Å². The molecule has 20 heavy (non-hydrogen) atoms. The minimum absolute atomic E-state index is 0. The summed E-state index contributed by atoms with van der Waals surface area (Å²) in [6.07, 6.45) is 3.03. The van der Waals surface area contributed by atoms with Gasteiger partial charge in [0, 0.05) is 13.1 Å². The van der Waals surface area contributed by atoms with E-state index in [9.17, 15) is 0 Å². The van der Waals surface area contributed by atoms with Gasteiger partial charge in [-0.2, -0.15) is 5.10 Å². The van der Waals surface area contributed by atoms with E-state index >= 15 is 0 Å². The molecule has 1 aromatic rings. The Morgan fingerprint density at radius 2 is 2.15 bits per heavy atom. The fraction of sp³-hybridized carbons (Fsp3) is 0.857. The lowest BCUT2D eigenvalue weighted by molar-refractivity contribution is 0.137. The number of piperidine rings is 1. The second kappa shape index (κ2) is 6.87. The molecule has 1 aromatic heterocycles. The fourth-order valence-corrected chi connectivity index (χ4v) is 3.36. The van der Waals surface area contributed by atoms with Crippen molar-refractivity contribution in [3.05, 3.63) is 12.2 Å². The monoisotopic (exact) mass is 299 g/mol. The predicted octanol–water partition coefficient (Wildman–Crippen LogP) is 1.40. The Kier molecular flexibility index (Phi) is 5.41. The van der Waals surface area contributed by atoms with Crippen molar-refractivity contribution in [3.8, 4) is 0 Å². The highest BCUT2D eigenvalue weighted by atomic mass is 35.5. The van der Waals surface area contributed by atoms with Crippen LogP contribution in [-0.4, -0.2) is 45.8 Å². The summed E-state index contributed by atoms with van der Waals surface area (Å²) in [5.41, 5.74) is 0. The molecule has 0 amide bonds. The largest absolute Gasteiger partial charge is 0.316 e. The van der Waals surface area contributed by atoms with Gasteiger partial charge < -0.3 is 5.32 Å². The van der Waals surface area contributed by atoms with Gasteiger partial charge in [-0.25, -0.2) is 9.67 Å². The molecule has 0 saturated carbocycles. The zero-order valence-electron chi connectivity index (χ0n) is 12.5. The number of nitrogens with zero attached hydrogens (tertiary/aromatic N) is 4. The molecule has 2 atom stereocenters. The van der Waals surface area contributed by atoms with Crippen LogP contribution in [0.25, 0.3) is 0 Å². The number of hydrogen-bond acceptors (Lipinski definition) is 4. The van der Waals surface area contributed by atoms with Crippen molar-refractivity contribution >= 4 is 12.4 Å². The van der Waals surface area contributed by atoms with Crippen molar-refractivity contribution in [2.45, 2.75) is 33.4 Å². The van der Waals surface area contributed by atoms with E-state index in [0.29, 0.717) is 5.92 Å². The quantitative estimate of drug-likeness (QED) is 0.913. The molecule has 1 N–H and O–H groups in total. The average Bonchev–Trinajstić information content (AvgIpc) is 2.98. The van der Waals surface area contributed by atoms with E-state index < -0.39 is 0 Å². The number of hydrogen-bond donors (Lipinski definition) is 1. The summed E-state index contributed by atoms with van der Waals surface area (Å²) in [7, 11) is 0. The number of rotatable bonds is 4. The van der Waals surface area contributed by atoms with Crippen LogP contribution in [-0.2, 0) is 13.1 Å². The van der Waals surface area contributed by atoms with E-state index in [0.717, 1.165) is 30.7 Å². The standard InChI is InChI=1S/C14H25N5.ClH/c1-11(2)7-19-14(16-10-17-19)9-18-4-3-12-5-15-6-13(12)8-18;/h10-13,15H,3-9H2,1-2H3;1H. The van der Waals surface area contributed by atoms with Crippen LogP contribution in [0.15, 0.2) is 6.33 Å². The van der Waals surface area contributed by atoms with Gasteiger partial charge in [-0.3, -0.25) is 4.90 Å². The lowest BCUT2D eigenvalue weighted by atomic mass is 9.89. The van der Waals surface area contributed by atoms with Gasteiger partial charge in [0.1, 0.15) is 12.2 Å². The highest BCUT2D eigenvalue weighted by molar-refractivity contribution is 5.85. The molecule has 2 saturated heterocycles. The molecule has 6 heteroatoms. The van der Waals surface area contributed by atoms with Gasteiger partial charge >= 0.3 is 0 Å². The van der Waals surface area contributed by atoms with Gasteiger partial charge in [-0.1, -0.05) is 13.8 Å². The van der Waals surface area contributed by atoms with Crippen molar-refractivity contribution in [1.29, 1.82) is 0 Å². The van der Waals surface area contributed by atoms with E-state index in [1.807, 2.05) is 0 Å². The van der Waals surface area contributed by atoms with Crippen LogP contribution in [0.2, 0.25) is 0 Å². The van der Waals surface area contributed by atoms with Gasteiger partial charge in [0.05, 0.1) is 6.54 Å². The first kappa shape index (κ1) is 15.7. The normalized spacial score (nSPS) is 26.6. The summed E-state index contributed by atoms with van der Waals surface area (Å²) >= 11 is 0. The topological polar surface area (TPSA) is 46.0 Å². The lowest BCUT2D eigenvalue weighted by Gasteiger charge is -2.34.